The largest absolute Gasteiger partial charge is 0.377 e. The maximum Gasteiger partial charge on any atom is 0.0700 e. The molecule has 0 spiro atoms. The molecule has 0 aromatic rings. The van der Waals surface area contributed by atoms with Gasteiger partial charge in [0.15, 0.2) is 0 Å². The van der Waals surface area contributed by atoms with Crippen molar-refractivity contribution >= 4 is 11.8 Å². The Kier molecular flexibility index (Phi) is 5.60. The normalized spacial score (nSPS) is 35.3. The van der Waals surface area contributed by atoms with Gasteiger partial charge in [-0.1, -0.05) is 6.92 Å². The van der Waals surface area contributed by atoms with Gasteiger partial charge < -0.3 is 14.8 Å². The molecule has 0 aromatic heterocycles. The minimum atomic E-state index is 0.431. The van der Waals surface area contributed by atoms with Crippen molar-refractivity contribution in [3.05, 3.63) is 0 Å². The van der Waals surface area contributed by atoms with E-state index in [2.05, 4.69) is 30.9 Å². The Morgan fingerprint density at radius 2 is 2.18 bits per heavy atom. The molecule has 0 saturated carbocycles. The molecular weight excluding hydrogens is 234 g/mol. The molecule has 2 heterocycles. The van der Waals surface area contributed by atoms with Crippen molar-refractivity contribution in [3.8, 4) is 0 Å². The van der Waals surface area contributed by atoms with Gasteiger partial charge in [0.25, 0.3) is 0 Å². The highest BCUT2D eigenvalue weighted by molar-refractivity contribution is 8.00. The van der Waals surface area contributed by atoms with Crippen LogP contribution >= 0.6 is 11.8 Å². The molecule has 0 aromatic carbocycles. The van der Waals surface area contributed by atoms with Gasteiger partial charge in [-0.2, -0.15) is 11.8 Å². The number of nitrogens with one attached hydrogen (secondary N) is 1. The van der Waals surface area contributed by atoms with Crippen molar-refractivity contribution < 1.29 is 9.47 Å². The maximum absolute atomic E-state index is 5.60. The molecule has 2 saturated heterocycles. The Morgan fingerprint density at radius 3 is 2.82 bits per heavy atom. The summed E-state index contributed by atoms with van der Waals surface area (Å²) in [4.78, 5) is 0. The zero-order valence-corrected chi connectivity index (χ0v) is 11.8. The van der Waals surface area contributed by atoms with Crippen LogP contribution in [0.25, 0.3) is 0 Å². The van der Waals surface area contributed by atoms with Crippen LogP contribution in [0.5, 0.6) is 0 Å². The number of ether oxygens (including phenoxy) is 2. The molecule has 2 aliphatic heterocycles. The van der Waals surface area contributed by atoms with Crippen LogP contribution in [0, 0.1) is 0 Å². The molecule has 0 bridgehead atoms. The summed E-state index contributed by atoms with van der Waals surface area (Å²) in [6, 6.07) is 0. The molecule has 1 N–H and O–H groups in total. The lowest BCUT2D eigenvalue weighted by atomic mass is 10.2. The summed E-state index contributed by atoms with van der Waals surface area (Å²) < 4.78 is 11.2. The molecule has 0 amide bonds. The second kappa shape index (κ2) is 6.98. The first-order valence-corrected chi connectivity index (χ1v) is 7.79. The fourth-order valence-electron chi connectivity index (χ4n) is 2.49. The van der Waals surface area contributed by atoms with Crippen LogP contribution in [0.4, 0.5) is 0 Å². The van der Waals surface area contributed by atoms with E-state index in [0.29, 0.717) is 22.7 Å². The predicted octanol–water partition coefficient (Wildman–Crippen LogP) is 2.05. The van der Waals surface area contributed by atoms with Gasteiger partial charge in [0.2, 0.25) is 0 Å². The molecular formula is C13H25NO2S. The third-order valence-electron chi connectivity index (χ3n) is 3.54. The molecule has 4 heteroatoms. The molecule has 0 radical (unpaired) electrons. The van der Waals surface area contributed by atoms with Crippen LogP contribution in [-0.2, 0) is 9.47 Å². The minimum Gasteiger partial charge on any atom is -0.377 e. The summed E-state index contributed by atoms with van der Waals surface area (Å²) in [5.74, 6) is 0. The van der Waals surface area contributed by atoms with Gasteiger partial charge in [-0.25, -0.2) is 0 Å². The summed E-state index contributed by atoms with van der Waals surface area (Å²) in [6.07, 6.45) is 4.55. The third kappa shape index (κ3) is 4.43. The Bertz CT molecular complexity index is 221. The van der Waals surface area contributed by atoms with E-state index in [1.165, 1.54) is 19.3 Å². The zero-order chi connectivity index (χ0) is 12.1. The summed E-state index contributed by atoms with van der Waals surface area (Å²) in [7, 11) is 0. The van der Waals surface area contributed by atoms with E-state index < -0.39 is 0 Å². The number of thioether (sulfide) groups is 1. The van der Waals surface area contributed by atoms with Crippen LogP contribution in [0.2, 0.25) is 0 Å². The first-order valence-electron chi connectivity index (χ1n) is 6.85. The van der Waals surface area contributed by atoms with Crippen molar-refractivity contribution in [2.24, 2.45) is 0 Å². The summed E-state index contributed by atoms with van der Waals surface area (Å²) in [5.41, 5.74) is 0. The van der Waals surface area contributed by atoms with E-state index in [-0.39, 0.29) is 0 Å². The van der Waals surface area contributed by atoms with E-state index in [0.717, 1.165) is 26.3 Å². The highest BCUT2D eigenvalue weighted by Gasteiger charge is 2.26. The van der Waals surface area contributed by atoms with Crippen molar-refractivity contribution in [1.29, 1.82) is 0 Å². The first-order chi connectivity index (χ1) is 8.25. The Balaban J connectivity index is 1.55. The number of hydrogen-bond acceptors (Lipinski definition) is 4. The van der Waals surface area contributed by atoms with Crippen molar-refractivity contribution in [2.45, 2.75) is 55.8 Å². The van der Waals surface area contributed by atoms with Crippen molar-refractivity contribution in [2.75, 3.05) is 26.3 Å². The molecule has 0 aliphatic carbocycles. The summed E-state index contributed by atoms with van der Waals surface area (Å²) in [5, 5.41) is 4.88. The molecule has 2 rings (SSSR count). The summed E-state index contributed by atoms with van der Waals surface area (Å²) in [6.45, 7) is 8.48. The monoisotopic (exact) mass is 259 g/mol. The van der Waals surface area contributed by atoms with Crippen molar-refractivity contribution in [1.82, 2.24) is 5.32 Å². The second-order valence-electron chi connectivity index (χ2n) is 5.14. The lowest BCUT2D eigenvalue weighted by Crippen LogP contribution is -2.32. The van der Waals surface area contributed by atoms with Gasteiger partial charge in [-0.05, 0) is 26.2 Å². The zero-order valence-electron chi connectivity index (χ0n) is 11.0. The number of hydrogen-bond donors (Lipinski definition) is 1. The molecule has 4 atom stereocenters. The molecule has 100 valence electrons. The summed E-state index contributed by atoms with van der Waals surface area (Å²) >= 11 is 2.07. The number of rotatable bonds is 6. The van der Waals surface area contributed by atoms with Crippen LogP contribution in [-0.4, -0.2) is 49.0 Å². The third-order valence-corrected chi connectivity index (χ3v) is 5.14. The molecule has 2 fully saturated rings. The Labute approximate surface area is 109 Å². The van der Waals surface area contributed by atoms with Gasteiger partial charge >= 0.3 is 0 Å². The SMILES string of the molecule is CC(CNCC1CCCO1)SC1CCOC1C. The lowest BCUT2D eigenvalue weighted by molar-refractivity contribution is 0.110. The second-order valence-corrected chi connectivity index (χ2v) is 6.83. The highest BCUT2D eigenvalue weighted by Crippen LogP contribution is 2.29. The van der Waals surface area contributed by atoms with Crippen LogP contribution < -0.4 is 5.32 Å². The molecule has 3 nitrogen and oxygen atoms in total. The van der Waals surface area contributed by atoms with E-state index >= 15 is 0 Å². The maximum atomic E-state index is 5.60. The van der Waals surface area contributed by atoms with Gasteiger partial charge in [-0.3, -0.25) is 0 Å². The quantitative estimate of drug-likeness (QED) is 0.791. The smallest absolute Gasteiger partial charge is 0.0700 e. The molecule has 2 aliphatic rings. The van der Waals surface area contributed by atoms with E-state index in [1.807, 2.05) is 0 Å². The average molecular weight is 259 g/mol. The lowest BCUT2D eigenvalue weighted by Gasteiger charge is -2.20. The van der Waals surface area contributed by atoms with E-state index in [9.17, 15) is 0 Å². The standard InChI is InChI=1S/C13H25NO2S/c1-10(17-13-5-7-15-11(13)2)8-14-9-12-4-3-6-16-12/h10-14H,3-9H2,1-2H3. The van der Waals surface area contributed by atoms with Crippen LogP contribution in [0.15, 0.2) is 0 Å². The topological polar surface area (TPSA) is 30.5 Å². The van der Waals surface area contributed by atoms with E-state index in [1.54, 1.807) is 0 Å². The van der Waals surface area contributed by atoms with Gasteiger partial charge in [0.05, 0.1) is 12.2 Å². The average Bonchev–Trinajstić information content (AvgIpc) is 2.92. The molecule has 17 heavy (non-hydrogen) atoms. The fourth-order valence-corrected chi connectivity index (χ4v) is 3.83. The van der Waals surface area contributed by atoms with Gasteiger partial charge in [0, 0.05) is 36.8 Å². The minimum absolute atomic E-state index is 0.431. The molecule has 4 unspecified atom stereocenters. The van der Waals surface area contributed by atoms with E-state index in [4.69, 9.17) is 9.47 Å². The first kappa shape index (κ1) is 13.7. The fraction of sp³-hybridized carbons (Fsp3) is 1.00. The van der Waals surface area contributed by atoms with Crippen LogP contribution in [0.1, 0.15) is 33.1 Å². The van der Waals surface area contributed by atoms with Crippen molar-refractivity contribution in [3.63, 3.8) is 0 Å². The van der Waals surface area contributed by atoms with Crippen LogP contribution in [0.3, 0.4) is 0 Å². The van der Waals surface area contributed by atoms with Gasteiger partial charge in [-0.15, -0.1) is 0 Å². The Morgan fingerprint density at radius 1 is 1.29 bits per heavy atom. The van der Waals surface area contributed by atoms with Gasteiger partial charge in [0.1, 0.15) is 0 Å². The Hall–Kier alpha value is 0.230. The highest BCUT2D eigenvalue weighted by atomic mass is 32.2. The predicted molar refractivity (Wildman–Crippen MR) is 72.7 cm³/mol.